The fourth-order valence-electron chi connectivity index (χ4n) is 1.54. The third kappa shape index (κ3) is 7.50. The standard InChI is InChI=1S/C12H18.2C2H6/c1-4-11-7-5-6-8-12(11)9-10(2)3;2*1-2/h5-8,10H,4,9H2,1-3H3;2*1-2H3. The van der Waals surface area contributed by atoms with E-state index in [0.29, 0.717) is 0 Å². The van der Waals surface area contributed by atoms with Gasteiger partial charge in [-0.1, -0.05) is 72.7 Å². The molecule has 0 heteroatoms. The molecule has 0 bridgehead atoms. The van der Waals surface area contributed by atoms with Crippen molar-refractivity contribution in [3.63, 3.8) is 0 Å². The molecule has 1 rings (SSSR count). The van der Waals surface area contributed by atoms with E-state index in [2.05, 4.69) is 45.0 Å². The van der Waals surface area contributed by atoms with Gasteiger partial charge in [0.2, 0.25) is 0 Å². The summed E-state index contributed by atoms with van der Waals surface area (Å²) in [4.78, 5) is 0. The first-order chi connectivity index (χ1) is 7.74. The van der Waals surface area contributed by atoms with Crippen molar-refractivity contribution in [1.29, 1.82) is 0 Å². The maximum Gasteiger partial charge on any atom is -0.0253 e. The quantitative estimate of drug-likeness (QED) is 0.633. The van der Waals surface area contributed by atoms with Crippen molar-refractivity contribution < 1.29 is 0 Å². The van der Waals surface area contributed by atoms with E-state index in [9.17, 15) is 0 Å². The van der Waals surface area contributed by atoms with Crippen LogP contribution in [0.4, 0.5) is 0 Å². The molecular formula is C16H30. The summed E-state index contributed by atoms with van der Waals surface area (Å²) in [5.41, 5.74) is 3.03. The smallest absolute Gasteiger partial charge is 0.0253 e. The molecule has 0 aliphatic carbocycles. The van der Waals surface area contributed by atoms with Crippen LogP contribution in [0, 0.1) is 5.92 Å². The zero-order valence-electron chi connectivity index (χ0n) is 12.3. The van der Waals surface area contributed by atoms with E-state index in [1.807, 2.05) is 27.7 Å². The van der Waals surface area contributed by atoms with Crippen LogP contribution in [0.25, 0.3) is 0 Å². The molecule has 0 fully saturated rings. The van der Waals surface area contributed by atoms with Crippen LogP contribution in [0.1, 0.15) is 59.6 Å². The summed E-state index contributed by atoms with van der Waals surface area (Å²) in [5, 5.41) is 0. The minimum absolute atomic E-state index is 0.762. The lowest BCUT2D eigenvalue weighted by Gasteiger charge is -2.09. The van der Waals surface area contributed by atoms with Gasteiger partial charge in [0, 0.05) is 0 Å². The van der Waals surface area contributed by atoms with Crippen LogP contribution in [-0.2, 0) is 12.8 Å². The molecule has 0 spiro atoms. The van der Waals surface area contributed by atoms with E-state index < -0.39 is 0 Å². The highest BCUT2D eigenvalue weighted by Gasteiger charge is 2.01. The Hall–Kier alpha value is -0.780. The maximum absolute atomic E-state index is 2.27. The summed E-state index contributed by atoms with van der Waals surface area (Å²) in [6.07, 6.45) is 2.37. The van der Waals surface area contributed by atoms with Crippen LogP contribution in [-0.4, -0.2) is 0 Å². The van der Waals surface area contributed by atoms with Gasteiger partial charge in [-0.15, -0.1) is 0 Å². The van der Waals surface area contributed by atoms with Gasteiger partial charge in [0.05, 0.1) is 0 Å². The summed E-state index contributed by atoms with van der Waals surface area (Å²) in [7, 11) is 0. The van der Waals surface area contributed by atoms with E-state index in [0.717, 1.165) is 12.3 Å². The van der Waals surface area contributed by atoms with E-state index in [1.54, 1.807) is 0 Å². The summed E-state index contributed by atoms with van der Waals surface area (Å²) < 4.78 is 0. The average molecular weight is 222 g/mol. The first-order valence-electron chi connectivity index (χ1n) is 6.80. The van der Waals surface area contributed by atoms with Crippen molar-refractivity contribution in [3.05, 3.63) is 35.4 Å². The van der Waals surface area contributed by atoms with Crippen LogP contribution >= 0.6 is 0 Å². The lowest BCUT2D eigenvalue weighted by Crippen LogP contribution is -1.97. The van der Waals surface area contributed by atoms with Gasteiger partial charge in [-0.05, 0) is 29.9 Å². The SMILES string of the molecule is CC.CC.CCc1ccccc1CC(C)C. The molecule has 1 aromatic rings. The molecule has 0 N–H and O–H groups in total. The zero-order chi connectivity index (χ0) is 13.0. The Bertz CT molecular complexity index is 236. The Morgan fingerprint density at radius 2 is 1.31 bits per heavy atom. The molecular weight excluding hydrogens is 192 g/mol. The highest BCUT2D eigenvalue weighted by molar-refractivity contribution is 5.27. The normalized spacial score (nSPS) is 8.75. The van der Waals surface area contributed by atoms with Gasteiger partial charge in [-0.25, -0.2) is 0 Å². The molecule has 0 radical (unpaired) electrons. The van der Waals surface area contributed by atoms with Crippen molar-refractivity contribution in [2.24, 2.45) is 5.92 Å². The van der Waals surface area contributed by atoms with Crippen LogP contribution in [0.2, 0.25) is 0 Å². The topological polar surface area (TPSA) is 0 Å². The lowest BCUT2D eigenvalue weighted by atomic mass is 9.97. The second-order valence-electron chi connectivity index (χ2n) is 3.72. The van der Waals surface area contributed by atoms with Gasteiger partial charge >= 0.3 is 0 Å². The minimum atomic E-state index is 0.762. The van der Waals surface area contributed by atoms with Crippen LogP contribution < -0.4 is 0 Å². The Morgan fingerprint density at radius 3 is 1.69 bits per heavy atom. The second-order valence-corrected chi connectivity index (χ2v) is 3.72. The highest BCUT2D eigenvalue weighted by atomic mass is 14.1. The number of hydrogen-bond donors (Lipinski definition) is 0. The predicted molar refractivity (Wildman–Crippen MR) is 77.1 cm³/mol. The van der Waals surface area contributed by atoms with E-state index in [-0.39, 0.29) is 0 Å². The molecule has 94 valence electrons. The van der Waals surface area contributed by atoms with E-state index in [4.69, 9.17) is 0 Å². The summed E-state index contributed by atoms with van der Waals surface area (Å²) in [5.74, 6) is 0.762. The molecule has 16 heavy (non-hydrogen) atoms. The molecule has 0 saturated heterocycles. The van der Waals surface area contributed by atoms with Crippen molar-refractivity contribution in [3.8, 4) is 0 Å². The third-order valence-corrected chi connectivity index (χ3v) is 2.13. The van der Waals surface area contributed by atoms with Gasteiger partial charge in [-0.3, -0.25) is 0 Å². The monoisotopic (exact) mass is 222 g/mol. The van der Waals surface area contributed by atoms with Crippen LogP contribution in [0.5, 0.6) is 0 Å². The summed E-state index contributed by atoms with van der Waals surface area (Å²) in [6, 6.07) is 8.75. The van der Waals surface area contributed by atoms with Crippen molar-refractivity contribution in [1.82, 2.24) is 0 Å². The van der Waals surface area contributed by atoms with Gasteiger partial charge in [0.25, 0.3) is 0 Å². The largest absolute Gasteiger partial charge is 0.0683 e. The fraction of sp³-hybridized carbons (Fsp3) is 0.625. The molecule has 0 aliphatic rings. The van der Waals surface area contributed by atoms with Gasteiger partial charge in [0.1, 0.15) is 0 Å². The fourth-order valence-corrected chi connectivity index (χ4v) is 1.54. The average Bonchev–Trinajstić information content (AvgIpc) is 2.34. The van der Waals surface area contributed by atoms with Crippen molar-refractivity contribution >= 4 is 0 Å². The molecule has 0 atom stereocenters. The zero-order valence-corrected chi connectivity index (χ0v) is 12.3. The van der Waals surface area contributed by atoms with Crippen molar-refractivity contribution in [2.45, 2.75) is 61.3 Å². The molecule has 0 nitrogen and oxygen atoms in total. The van der Waals surface area contributed by atoms with Crippen LogP contribution in [0.3, 0.4) is 0 Å². The number of rotatable bonds is 3. The summed E-state index contributed by atoms with van der Waals surface area (Å²) in [6.45, 7) is 14.8. The Kier molecular flexibility index (Phi) is 13.5. The molecule has 0 aliphatic heterocycles. The Morgan fingerprint density at radius 1 is 0.875 bits per heavy atom. The molecule has 0 amide bonds. The molecule has 0 aromatic heterocycles. The van der Waals surface area contributed by atoms with Gasteiger partial charge in [0.15, 0.2) is 0 Å². The molecule has 0 saturated carbocycles. The van der Waals surface area contributed by atoms with Gasteiger partial charge < -0.3 is 0 Å². The Balaban J connectivity index is 0. The number of aryl methyl sites for hydroxylation is 1. The lowest BCUT2D eigenvalue weighted by molar-refractivity contribution is 0.643. The molecule has 1 aromatic carbocycles. The molecule has 0 unspecified atom stereocenters. The van der Waals surface area contributed by atoms with Crippen LogP contribution in [0.15, 0.2) is 24.3 Å². The Labute approximate surface area is 103 Å². The number of benzene rings is 1. The summed E-state index contributed by atoms with van der Waals surface area (Å²) >= 11 is 0. The maximum atomic E-state index is 2.27. The first-order valence-corrected chi connectivity index (χ1v) is 6.80. The first kappa shape index (κ1) is 17.6. The highest BCUT2D eigenvalue weighted by Crippen LogP contribution is 2.13. The molecule has 0 heterocycles. The van der Waals surface area contributed by atoms with Gasteiger partial charge in [-0.2, -0.15) is 0 Å². The third-order valence-electron chi connectivity index (χ3n) is 2.13. The van der Waals surface area contributed by atoms with E-state index >= 15 is 0 Å². The minimum Gasteiger partial charge on any atom is -0.0683 e. The number of hydrogen-bond acceptors (Lipinski definition) is 0. The second kappa shape index (κ2) is 12.3. The predicted octanol–water partition coefficient (Wildman–Crippen LogP) is 5.50. The van der Waals surface area contributed by atoms with Crippen molar-refractivity contribution in [2.75, 3.05) is 0 Å². The van der Waals surface area contributed by atoms with E-state index in [1.165, 1.54) is 17.5 Å².